The fourth-order valence-corrected chi connectivity index (χ4v) is 2.22. The van der Waals surface area contributed by atoms with Crippen molar-refractivity contribution in [2.24, 2.45) is 16.7 Å². The predicted molar refractivity (Wildman–Crippen MR) is 94.5 cm³/mol. The van der Waals surface area contributed by atoms with E-state index in [1.165, 1.54) is 12.1 Å². The molecule has 0 aliphatic rings. The average molecular weight is 367 g/mol. The largest absolute Gasteiger partial charge is 0.416 e. The molecule has 0 aliphatic carbocycles. The summed E-state index contributed by atoms with van der Waals surface area (Å²) in [7, 11) is 0. The van der Waals surface area contributed by atoms with Crippen LogP contribution in [0.25, 0.3) is 0 Å². The lowest BCUT2D eigenvalue weighted by Crippen LogP contribution is -2.31. The molecule has 0 bridgehead atoms. The number of aliphatic hydroxyl groups excluding tert-OH is 1. The minimum Gasteiger partial charge on any atom is -0.396 e. The number of amidine groups is 1. The summed E-state index contributed by atoms with van der Waals surface area (Å²) >= 11 is 0. The highest BCUT2D eigenvalue weighted by Crippen LogP contribution is 2.31. The summed E-state index contributed by atoms with van der Waals surface area (Å²) in [6.45, 7) is 0.275. The van der Waals surface area contributed by atoms with Gasteiger partial charge in [-0.25, -0.2) is 11.0 Å². The van der Waals surface area contributed by atoms with Crippen LogP contribution in [0.15, 0.2) is 53.6 Å². The third-order valence-corrected chi connectivity index (χ3v) is 3.45. The van der Waals surface area contributed by atoms with Crippen LogP contribution in [0.3, 0.4) is 0 Å². The van der Waals surface area contributed by atoms with Crippen LogP contribution in [0, 0.1) is 0 Å². The molecule has 9 heteroatoms. The van der Waals surface area contributed by atoms with E-state index in [9.17, 15) is 13.2 Å². The van der Waals surface area contributed by atoms with Gasteiger partial charge in [-0.15, -0.1) is 5.10 Å². The van der Waals surface area contributed by atoms with E-state index < -0.39 is 11.7 Å². The Kier molecular flexibility index (Phi) is 6.42. The van der Waals surface area contributed by atoms with Crippen LogP contribution in [0.5, 0.6) is 0 Å². The molecule has 2 rings (SSSR count). The molecule has 0 aliphatic heterocycles. The number of para-hydroxylation sites is 1. The molecule has 0 fully saturated rings. The summed E-state index contributed by atoms with van der Waals surface area (Å²) in [4.78, 5) is 0. The summed E-state index contributed by atoms with van der Waals surface area (Å²) in [5, 5.41) is 16.8. The highest BCUT2D eigenvalue weighted by molar-refractivity contribution is 6.02. The topological polar surface area (TPSA) is 99.9 Å². The molecule has 2 aromatic carbocycles. The first kappa shape index (κ1) is 19.5. The van der Waals surface area contributed by atoms with Crippen LogP contribution in [0.2, 0.25) is 0 Å². The zero-order chi connectivity index (χ0) is 19.2. The predicted octanol–water partition coefficient (Wildman–Crippen LogP) is 2.63. The molecule has 0 aromatic heterocycles. The number of anilines is 2. The lowest BCUT2D eigenvalue weighted by Gasteiger charge is -2.16. The monoisotopic (exact) mass is 367 g/mol. The van der Waals surface area contributed by atoms with E-state index >= 15 is 0 Å². The second-order valence-electron chi connectivity index (χ2n) is 5.47. The Balaban J connectivity index is 2.26. The van der Waals surface area contributed by atoms with E-state index in [4.69, 9.17) is 16.7 Å². The fourth-order valence-electron chi connectivity index (χ4n) is 2.22. The molecule has 140 valence electrons. The maximum Gasteiger partial charge on any atom is 0.416 e. The Bertz CT molecular complexity index is 764. The zero-order valence-corrected chi connectivity index (χ0v) is 13.9. The fraction of sp³-hybridized carbons (Fsp3) is 0.235. The first-order chi connectivity index (χ1) is 12.3. The van der Waals surface area contributed by atoms with Crippen molar-refractivity contribution >= 4 is 17.2 Å². The van der Waals surface area contributed by atoms with E-state index in [0.29, 0.717) is 24.2 Å². The highest BCUT2D eigenvalue weighted by Gasteiger charge is 2.30. The van der Waals surface area contributed by atoms with Gasteiger partial charge in [0.1, 0.15) is 0 Å². The smallest absolute Gasteiger partial charge is 0.396 e. The molecule has 0 saturated carbocycles. The first-order valence-electron chi connectivity index (χ1n) is 7.82. The second kappa shape index (κ2) is 8.54. The Hall–Kier alpha value is -2.78. The van der Waals surface area contributed by atoms with Gasteiger partial charge in [0.15, 0.2) is 5.84 Å². The summed E-state index contributed by atoms with van der Waals surface area (Å²) < 4.78 is 38.6. The number of hydrogen-bond donors (Lipinski definition) is 4. The van der Waals surface area contributed by atoms with Crippen LogP contribution < -0.4 is 16.9 Å². The summed E-state index contributed by atoms with van der Waals surface area (Å²) in [5.41, 5.74) is 6.46. The molecule has 26 heavy (non-hydrogen) atoms. The Morgan fingerprint density at radius 2 is 1.88 bits per heavy atom. The van der Waals surface area contributed by atoms with Crippen molar-refractivity contribution in [2.45, 2.75) is 12.6 Å². The number of hydrazine groups is 1. The van der Waals surface area contributed by atoms with Gasteiger partial charge in [-0.3, -0.25) is 0 Å². The summed E-state index contributed by atoms with van der Waals surface area (Å²) in [6, 6.07) is 11.7. The standard InChI is InChI=1S/C17H20F3N5O/c18-17(19,20)12-5-3-6-13(11-12)23-15-8-2-1-7-14(15)16(21)24-25(22)9-4-10-26/h1-3,5-8,11,23,26H,4,9-10,22H2,(H2,21,24). The minimum atomic E-state index is -4.43. The molecule has 0 unspecified atom stereocenters. The molecule has 0 spiro atoms. The van der Waals surface area contributed by atoms with Gasteiger partial charge in [0.2, 0.25) is 0 Å². The van der Waals surface area contributed by atoms with E-state index in [2.05, 4.69) is 10.4 Å². The van der Waals surface area contributed by atoms with Gasteiger partial charge < -0.3 is 16.2 Å². The van der Waals surface area contributed by atoms with Gasteiger partial charge in [0, 0.05) is 23.5 Å². The average Bonchev–Trinajstić information content (AvgIpc) is 2.60. The van der Waals surface area contributed by atoms with Crippen molar-refractivity contribution in [1.29, 1.82) is 0 Å². The number of nitrogens with two attached hydrogens (primary N) is 2. The van der Waals surface area contributed by atoms with Crippen LogP contribution >= 0.6 is 0 Å². The van der Waals surface area contributed by atoms with Crippen molar-refractivity contribution < 1.29 is 18.3 Å². The van der Waals surface area contributed by atoms with Crippen molar-refractivity contribution in [3.63, 3.8) is 0 Å². The normalized spacial score (nSPS) is 12.1. The quantitative estimate of drug-likeness (QED) is 0.261. The van der Waals surface area contributed by atoms with Crippen LogP contribution in [-0.2, 0) is 6.18 Å². The SMILES string of the molecule is N/C(=N\N(N)CCCO)c1ccccc1Nc1cccc(C(F)(F)F)c1. The number of nitrogens with zero attached hydrogens (tertiary/aromatic N) is 2. The van der Waals surface area contributed by atoms with Crippen molar-refractivity contribution in [3.8, 4) is 0 Å². The van der Waals surface area contributed by atoms with Gasteiger partial charge in [-0.2, -0.15) is 13.2 Å². The number of rotatable bonds is 7. The van der Waals surface area contributed by atoms with E-state index in [-0.39, 0.29) is 18.1 Å². The molecule has 6 nitrogen and oxygen atoms in total. The van der Waals surface area contributed by atoms with Gasteiger partial charge >= 0.3 is 6.18 Å². The van der Waals surface area contributed by atoms with Gasteiger partial charge in [0.25, 0.3) is 0 Å². The number of aliphatic hydroxyl groups is 1. The molecular formula is C17H20F3N5O. The molecule has 0 amide bonds. The van der Waals surface area contributed by atoms with E-state index in [1.54, 1.807) is 24.3 Å². The molecule has 0 saturated heterocycles. The second-order valence-corrected chi connectivity index (χ2v) is 5.47. The number of nitrogens with one attached hydrogen (secondary N) is 1. The van der Waals surface area contributed by atoms with E-state index in [1.807, 2.05) is 0 Å². The maximum atomic E-state index is 12.9. The van der Waals surface area contributed by atoms with Crippen LogP contribution in [-0.4, -0.2) is 29.2 Å². The lowest BCUT2D eigenvalue weighted by molar-refractivity contribution is -0.137. The number of hydrazone groups is 1. The van der Waals surface area contributed by atoms with Crippen molar-refractivity contribution in [1.82, 2.24) is 5.12 Å². The Labute approximate surface area is 148 Å². The maximum absolute atomic E-state index is 12.9. The van der Waals surface area contributed by atoms with Gasteiger partial charge in [-0.05, 0) is 36.8 Å². The Morgan fingerprint density at radius 1 is 1.15 bits per heavy atom. The molecule has 0 radical (unpaired) electrons. The first-order valence-corrected chi connectivity index (χ1v) is 7.82. The molecule has 0 atom stereocenters. The highest BCUT2D eigenvalue weighted by atomic mass is 19.4. The minimum absolute atomic E-state index is 0.0309. The van der Waals surface area contributed by atoms with Crippen molar-refractivity contribution in [2.75, 3.05) is 18.5 Å². The number of alkyl halides is 3. The van der Waals surface area contributed by atoms with Gasteiger partial charge in [-0.1, -0.05) is 18.2 Å². The third-order valence-electron chi connectivity index (χ3n) is 3.45. The zero-order valence-electron chi connectivity index (χ0n) is 13.9. The number of hydrogen-bond acceptors (Lipinski definition) is 5. The lowest BCUT2D eigenvalue weighted by atomic mass is 10.1. The summed E-state index contributed by atoms with van der Waals surface area (Å²) in [6.07, 6.45) is -4.00. The summed E-state index contributed by atoms with van der Waals surface area (Å²) in [5.74, 6) is 5.78. The number of halogens is 3. The van der Waals surface area contributed by atoms with Crippen LogP contribution in [0.1, 0.15) is 17.5 Å². The third kappa shape index (κ3) is 5.36. The van der Waals surface area contributed by atoms with Gasteiger partial charge in [0.05, 0.1) is 12.1 Å². The molecule has 6 N–H and O–H groups in total. The number of benzene rings is 2. The molecule has 0 heterocycles. The Morgan fingerprint density at radius 3 is 2.58 bits per heavy atom. The van der Waals surface area contributed by atoms with Crippen LogP contribution in [0.4, 0.5) is 24.5 Å². The molecule has 2 aromatic rings. The van der Waals surface area contributed by atoms with Crippen molar-refractivity contribution in [3.05, 3.63) is 59.7 Å². The molecular weight excluding hydrogens is 347 g/mol. The van der Waals surface area contributed by atoms with E-state index in [0.717, 1.165) is 17.3 Å².